The van der Waals surface area contributed by atoms with Gasteiger partial charge in [-0.2, -0.15) is 0 Å². The molecule has 7 nitrogen and oxygen atoms in total. The summed E-state index contributed by atoms with van der Waals surface area (Å²) >= 11 is 4.74. The van der Waals surface area contributed by atoms with Crippen LogP contribution in [0, 0.1) is 0 Å². The van der Waals surface area contributed by atoms with Crippen molar-refractivity contribution in [2.24, 2.45) is 4.99 Å². The summed E-state index contributed by atoms with van der Waals surface area (Å²) < 4.78 is 19.6. The molecule has 0 radical (unpaired) electrons. The Balaban J connectivity index is 2.05. The van der Waals surface area contributed by atoms with E-state index in [-0.39, 0.29) is 12.2 Å². The molecule has 0 bridgehead atoms. The minimum absolute atomic E-state index is 0.206. The van der Waals surface area contributed by atoms with Gasteiger partial charge in [0, 0.05) is 10.0 Å². The molecule has 0 fully saturated rings. The number of benzene rings is 2. The number of esters is 1. The molecule has 0 spiro atoms. The highest BCUT2D eigenvalue weighted by Crippen LogP contribution is 2.38. The van der Waals surface area contributed by atoms with Crippen LogP contribution in [0.4, 0.5) is 0 Å². The molecule has 1 aliphatic heterocycles. The van der Waals surface area contributed by atoms with E-state index in [2.05, 4.69) is 15.9 Å². The Kier molecular flexibility index (Phi) is 8.11. The number of hydrogen-bond acceptors (Lipinski definition) is 7. The Labute approximate surface area is 221 Å². The average molecular weight is 571 g/mol. The van der Waals surface area contributed by atoms with Gasteiger partial charge >= 0.3 is 5.97 Å². The van der Waals surface area contributed by atoms with Gasteiger partial charge in [0.2, 0.25) is 0 Å². The van der Waals surface area contributed by atoms with Gasteiger partial charge in [-0.25, -0.2) is 9.79 Å². The molecule has 0 unspecified atom stereocenters. The van der Waals surface area contributed by atoms with Crippen LogP contribution in [-0.4, -0.2) is 31.4 Å². The Morgan fingerprint density at radius 1 is 1.14 bits per heavy atom. The van der Waals surface area contributed by atoms with Crippen LogP contribution in [-0.2, 0) is 9.53 Å². The predicted octanol–water partition coefficient (Wildman–Crippen LogP) is 4.36. The van der Waals surface area contributed by atoms with E-state index in [9.17, 15) is 9.59 Å². The minimum Gasteiger partial charge on any atom is -0.497 e. The Morgan fingerprint density at radius 3 is 2.53 bits per heavy atom. The van der Waals surface area contributed by atoms with E-state index in [1.807, 2.05) is 37.3 Å². The molecule has 4 rings (SSSR count). The fourth-order valence-electron chi connectivity index (χ4n) is 4.18. The summed E-state index contributed by atoms with van der Waals surface area (Å²) in [6.45, 7) is 3.99. The van der Waals surface area contributed by atoms with Crippen LogP contribution < -0.4 is 24.4 Å². The van der Waals surface area contributed by atoms with Gasteiger partial charge in [-0.1, -0.05) is 52.7 Å². The van der Waals surface area contributed by atoms with Crippen LogP contribution >= 0.6 is 27.3 Å². The third kappa shape index (κ3) is 5.03. The van der Waals surface area contributed by atoms with Crippen LogP contribution in [0.25, 0.3) is 6.08 Å². The lowest BCUT2D eigenvalue weighted by molar-refractivity contribution is -0.139. The number of rotatable bonds is 8. The monoisotopic (exact) mass is 570 g/mol. The molecule has 1 aliphatic rings. The van der Waals surface area contributed by atoms with Crippen molar-refractivity contribution in [3.8, 4) is 11.5 Å². The summed E-state index contributed by atoms with van der Waals surface area (Å²) in [4.78, 5) is 32.5. The summed E-state index contributed by atoms with van der Waals surface area (Å²) in [6.07, 6.45) is 3.18. The van der Waals surface area contributed by atoms with Crippen molar-refractivity contribution in [2.75, 3.05) is 20.8 Å². The van der Waals surface area contributed by atoms with E-state index in [0.29, 0.717) is 44.1 Å². The molecule has 0 saturated carbocycles. The lowest BCUT2D eigenvalue weighted by Gasteiger charge is -2.27. The van der Waals surface area contributed by atoms with E-state index in [1.54, 1.807) is 43.9 Å². The number of hydrogen-bond donors (Lipinski definition) is 0. The molecule has 0 N–H and O–H groups in total. The number of carbonyl (C=O) groups is 1. The number of nitrogens with zero attached hydrogens (tertiary/aromatic N) is 2. The van der Waals surface area contributed by atoms with Gasteiger partial charge in [0.25, 0.3) is 5.56 Å². The number of allylic oxidation sites excluding steroid dienone is 1. The maximum absolute atomic E-state index is 13.8. The summed E-state index contributed by atoms with van der Waals surface area (Å²) in [5, 5.41) is 0. The van der Waals surface area contributed by atoms with E-state index < -0.39 is 12.0 Å². The van der Waals surface area contributed by atoms with Crippen molar-refractivity contribution in [1.82, 2.24) is 4.57 Å². The number of halogens is 1. The second kappa shape index (κ2) is 11.3. The van der Waals surface area contributed by atoms with E-state index in [0.717, 1.165) is 16.5 Å². The molecule has 1 atom stereocenters. The van der Waals surface area contributed by atoms with Crippen molar-refractivity contribution in [3.05, 3.63) is 89.0 Å². The zero-order chi connectivity index (χ0) is 25.8. The lowest BCUT2D eigenvalue weighted by Crippen LogP contribution is -2.40. The van der Waals surface area contributed by atoms with Crippen LogP contribution in [0.15, 0.2) is 68.0 Å². The largest absolute Gasteiger partial charge is 0.497 e. The molecule has 3 aromatic rings. The summed E-state index contributed by atoms with van der Waals surface area (Å²) in [5.74, 6) is 0.615. The topological polar surface area (TPSA) is 79.1 Å². The van der Waals surface area contributed by atoms with Crippen molar-refractivity contribution >= 4 is 39.3 Å². The van der Waals surface area contributed by atoms with Gasteiger partial charge in [0.1, 0.15) is 17.5 Å². The fraction of sp³-hybridized carbons (Fsp3) is 0.296. The average Bonchev–Trinajstić information content (AvgIpc) is 3.18. The molecule has 1 aromatic heterocycles. The normalized spacial score (nSPS) is 15.4. The van der Waals surface area contributed by atoms with E-state index in [1.165, 1.54) is 11.3 Å². The molecule has 9 heteroatoms. The Bertz CT molecular complexity index is 1490. The van der Waals surface area contributed by atoms with Crippen LogP contribution in [0.5, 0.6) is 11.5 Å². The first-order chi connectivity index (χ1) is 17.4. The van der Waals surface area contributed by atoms with Crippen LogP contribution in [0.2, 0.25) is 0 Å². The number of ether oxygens (including phenoxy) is 3. The maximum atomic E-state index is 13.8. The summed E-state index contributed by atoms with van der Waals surface area (Å²) in [5.41, 5.74) is 2.22. The molecular formula is C27H27BrN2O5S. The second-order valence-corrected chi connectivity index (χ2v) is 10.00. The van der Waals surface area contributed by atoms with Gasteiger partial charge in [-0.05, 0) is 55.3 Å². The summed E-state index contributed by atoms with van der Waals surface area (Å²) in [7, 11) is 3.13. The molecule has 2 heterocycles. The number of aromatic nitrogens is 1. The molecule has 36 heavy (non-hydrogen) atoms. The molecule has 0 aliphatic carbocycles. The third-order valence-electron chi connectivity index (χ3n) is 5.79. The highest BCUT2D eigenvalue weighted by Gasteiger charge is 2.36. The number of carbonyl (C=O) groups excluding carboxylic acids is 1. The molecule has 2 aromatic carbocycles. The number of fused-ring (bicyclic) bond motifs is 1. The van der Waals surface area contributed by atoms with Gasteiger partial charge in [-0.15, -0.1) is 0 Å². The molecule has 0 saturated heterocycles. The van der Waals surface area contributed by atoms with Crippen molar-refractivity contribution < 1.29 is 19.0 Å². The second-order valence-electron chi connectivity index (χ2n) is 8.07. The van der Waals surface area contributed by atoms with Crippen LogP contribution in [0.1, 0.15) is 43.9 Å². The SMILES string of the molecule is CCCC1=C(C(=O)OCC)[C@@H](c2cc(OC)ccc2OC)n2c(s/c(=C\c3ccc(Br)cc3)c2=O)=N1. The first-order valence-corrected chi connectivity index (χ1v) is 13.2. The fourth-order valence-corrected chi connectivity index (χ4v) is 5.46. The van der Waals surface area contributed by atoms with E-state index >= 15 is 0 Å². The zero-order valence-corrected chi connectivity index (χ0v) is 22.9. The highest BCUT2D eigenvalue weighted by molar-refractivity contribution is 9.10. The first kappa shape index (κ1) is 25.9. The highest BCUT2D eigenvalue weighted by atomic mass is 79.9. The van der Waals surface area contributed by atoms with E-state index in [4.69, 9.17) is 19.2 Å². The Hall–Kier alpha value is -3.17. The van der Waals surface area contributed by atoms with Gasteiger partial charge < -0.3 is 14.2 Å². The van der Waals surface area contributed by atoms with Crippen molar-refractivity contribution in [3.63, 3.8) is 0 Å². The smallest absolute Gasteiger partial charge is 0.338 e. The first-order valence-electron chi connectivity index (χ1n) is 11.6. The quantitative estimate of drug-likeness (QED) is 0.376. The number of methoxy groups -OCH3 is 2. The van der Waals surface area contributed by atoms with Gasteiger partial charge in [0.15, 0.2) is 4.80 Å². The number of thiazole rings is 1. The molecule has 0 amide bonds. The predicted molar refractivity (Wildman–Crippen MR) is 143 cm³/mol. The molecular weight excluding hydrogens is 544 g/mol. The molecule has 188 valence electrons. The maximum Gasteiger partial charge on any atom is 0.338 e. The van der Waals surface area contributed by atoms with Crippen molar-refractivity contribution in [1.29, 1.82) is 0 Å². The minimum atomic E-state index is -0.779. The lowest BCUT2D eigenvalue weighted by atomic mass is 9.93. The van der Waals surface area contributed by atoms with Crippen LogP contribution in [0.3, 0.4) is 0 Å². The standard InChI is InChI=1S/C27H27BrN2O5S/c1-5-7-20-23(26(32)35-6-2)24(19-15-18(33-3)12-13-21(19)34-4)30-25(31)22(36-27(30)29-20)14-16-8-10-17(28)11-9-16/h8-15,24H,5-7H2,1-4H3/b22-14-/t24-/m1/s1. The summed E-state index contributed by atoms with van der Waals surface area (Å²) in [6, 6.07) is 12.3. The van der Waals surface area contributed by atoms with Gasteiger partial charge in [-0.3, -0.25) is 9.36 Å². The van der Waals surface area contributed by atoms with Gasteiger partial charge in [0.05, 0.1) is 36.6 Å². The zero-order valence-electron chi connectivity index (χ0n) is 20.5. The third-order valence-corrected chi connectivity index (χ3v) is 7.30. The van der Waals surface area contributed by atoms with Crippen molar-refractivity contribution in [2.45, 2.75) is 32.7 Å². The Morgan fingerprint density at radius 2 is 1.89 bits per heavy atom.